The van der Waals surface area contributed by atoms with Crippen LogP contribution in [-0.2, 0) is 6.42 Å². The second-order valence-corrected chi connectivity index (χ2v) is 6.62. The summed E-state index contributed by atoms with van der Waals surface area (Å²) in [6, 6.07) is 3.35. The van der Waals surface area contributed by atoms with Crippen molar-refractivity contribution in [1.82, 2.24) is 15.2 Å². The third-order valence-corrected chi connectivity index (χ3v) is 4.17. The van der Waals surface area contributed by atoms with Crippen molar-refractivity contribution in [2.24, 2.45) is 0 Å². The zero-order valence-corrected chi connectivity index (χ0v) is 17.1. The quantitative estimate of drug-likeness (QED) is 0.581. The van der Waals surface area contributed by atoms with Crippen molar-refractivity contribution in [1.29, 1.82) is 5.41 Å². The highest BCUT2D eigenvalue weighted by Gasteiger charge is 2.27. The Morgan fingerprint density at radius 2 is 2.00 bits per heavy atom. The van der Waals surface area contributed by atoms with Crippen LogP contribution < -0.4 is 10.6 Å². The fourth-order valence-corrected chi connectivity index (χ4v) is 2.54. The van der Waals surface area contributed by atoms with E-state index in [0.29, 0.717) is 28.0 Å². The van der Waals surface area contributed by atoms with Crippen molar-refractivity contribution < 1.29 is 13.2 Å². The van der Waals surface area contributed by atoms with Crippen molar-refractivity contribution in [3.8, 4) is 0 Å². The Labute approximate surface area is 165 Å². The van der Waals surface area contributed by atoms with E-state index in [2.05, 4.69) is 44.7 Å². The molecule has 0 atom stereocenters. The van der Waals surface area contributed by atoms with Gasteiger partial charge in [-0.1, -0.05) is 12.7 Å². The lowest BCUT2D eigenvalue weighted by molar-refractivity contribution is -0.115. The van der Waals surface area contributed by atoms with Crippen molar-refractivity contribution in [2.45, 2.75) is 26.4 Å². The summed E-state index contributed by atoms with van der Waals surface area (Å²) in [6.45, 7) is 9.72. The highest BCUT2D eigenvalue weighted by Crippen LogP contribution is 2.25. The van der Waals surface area contributed by atoms with Gasteiger partial charge in [-0.2, -0.15) is 13.2 Å². The predicted octanol–water partition coefficient (Wildman–Crippen LogP) is 4.81. The summed E-state index contributed by atoms with van der Waals surface area (Å²) < 4.78 is 37.5. The van der Waals surface area contributed by atoms with Gasteiger partial charge >= 0.3 is 6.18 Å². The Bertz CT molecular complexity index is 756. The van der Waals surface area contributed by atoms with E-state index in [1.54, 1.807) is 30.2 Å². The second-order valence-electron chi connectivity index (χ2n) is 5.77. The van der Waals surface area contributed by atoms with E-state index in [4.69, 9.17) is 5.41 Å². The fraction of sp³-hybridized carbons (Fsp3) is 0.333. The number of hydrogen-bond donors (Lipinski definition) is 3. The lowest BCUT2D eigenvalue weighted by Crippen LogP contribution is -2.39. The number of rotatable bonds is 4. The van der Waals surface area contributed by atoms with Gasteiger partial charge in [0.1, 0.15) is 24.0 Å². The van der Waals surface area contributed by atoms with Gasteiger partial charge < -0.3 is 15.5 Å². The minimum absolute atomic E-state index is 0.121. The zero-order valence-electron chi connectivity index (χ0n) is 15.5. The van der Waals surface area contributed by atoms with E-state index in [9.17, 15) is 13.2 Å². The van der Waals surface area contributed by atoms with Crippen molar-refractivity contribution >= 4 is 27.6 Å². The summed E-state index contributed by atoms with van der Waals surface area (Å²) in [5.74, 6) is 0.999. The van der Waals surface area contributed by atoms with Gasteiger partial charge in [0.15, 0.2) is 0 Å². The molecule has 27 heavy (non-hydrogen) atoms. The average Bonchev–Trinajstić information content (AvgIpc) is 2.57. The van der Waals surface area contributed by atoms with E-state index in [-0.39, 0.29) is 11.7 Å². The molecule has 3 N–H and O–H groups in total. The molecule has 0 radical (unpaired) electrons. The first-order chi connectivity index (χ1) is 12.5. The number of aromatic nitrogens is 1. The van der Waals surface area contributed by atoms with E-state index in [1.807, 2.05) is 13.8 Å². The van der Waals surface area contributed by atoms with E-state index in [0.717, 1.165) is 5.70 Å². The highest BCUT2D eigenvalue weighted by molar-refractivity contribution is 9.10. The number of alkyl halides is 3. The molecule has 0 aromatic carbocycles. The molecule has 0 amide bonds. The molecule has 0 unspecified atom stereocenters. The van der Waals surface area contributed by atoms with Gasteiger partial charge in [-0.25, -0.2) is 4.98 Å². The molecule has 0 saturated carbocycles. The first kappa shape index (κ1) is 22.8. The number of amidine groups is 1. The van der Waals surface area contributed by atoms with Crippen LogP contribution in [0.3, 0.4) is 0 Å². The summed E-state index contributed by atoms with van der Waals surface area (Å²) in [7, 11) is 1.72. The Morgan fingerprint density at radius 3 is 2.56 bits per heavy atom. The summed E-state index contributed by atoms with van der Waals surface area (Å²) in [6.07, 6.45) is -2.25. The van der Waals surface area contributed by atoms with Gasteiger partial charge in [0, 0.05) is 30.4 Å². The van der Waals surface area contributed by atoms with Gasteiger partial charge in [0.2, 0.25) is 0 Å². The molecule has 0 saturated heterocycles. The molecule has 0 fully saturated rings. The fourth-order valence-electron chi connectivity index (χ4n) is 2.18. The van der Waals surface area contributed by atoms with Gasteiger partial charge in [-0.3, -0.25) is 5.41 Å². The minimum atomic E-state index is -4.32. The molecule has 2 heterocycles. The topological polar surface area (TPSA) is 64.0 Å². The number of nitrogens with one attached hydrogen (secondary N) is 3. The maximum absolute atomic E-state index is 12.4. The molecule has 1 aromatic heterocycles. The van der Waals surface area contributed by atoms with Crippen LogP contribution in [0.4, 0.5) is 19.0 Å². The largest absolute Gasteiger partial charge is 0.405 e. The number of likely N-dealkylation sites (N-methyl/N-ethyl adjacent to an activating group) is 1. The van der Waals surface area contributed by atoms with Crippen LogP contribution in [0.25, 0.3) is 0 Å². The van der Waals surface area contributed by atoms with Crippen LogP contribution in [0, 0.1) is 5.41 Å². The average molecular weight is 446 g/mol. The number of hydrogen-bond acceptors (Lipinski definition) is 4. The third kappa shape index (κ3) is 6.74. The smallest absolute Gasteiger partial charge is 0.360 e. The van der Waals surface area contributed by atoms with E-state index >= 15 is 0 Å². The second kappa shape index (κ2) is 9.59. The lowest BCUT2D eigenvalue weighted by Gasteiger charge is -2.31. The molecular formula is C18H23BrF3N5. The maximum Gasteiger partial charge on any atom is 0.405 e. The molecule has 1 aromatic rings. The van der Waals surface area contributed by atoms with Crippen molar-refractivity contribution in [2.75, 3.05) is 18.9 Å². The van der Waals surface area contributed by atoms with E-state index in [1.165, 1.54) is 0 Å². The van der Waals surface area contributed by atoms with Crippen LogP contribution in [0.1, 0.15) is 19.5 Å². The van der Waals surface area contributed by atoms with Crippen LogP contribution in [-0.4, -0.2) is 35.5 Å². The predicted molar refractivity (Wildman–Crippen MR) is 107 cm³/mol. The standard InChI is InChI=1S/C15H17BrF3N5.C3H6/c1-8-11(13(20)24(3)9(2)22-8)6-10-4-5-12(16)14(23-10)21-7-15(17,18)19;1-3-2/h4-5,20,22H,2,6-7H2,1,3H3,(H,21,23);3H,1H2,2H3. The maximum atomic E-state index is 12.4. The van der Waals surface area contributed by atoms with Crippen LogP contribution >= 0.6 is 15.9 Å². The van der Waals surface area contributed by atoms with Crippen LogP contribution in [0.2, 0.25) is 0 Å². The van der Waals surface area contributed by atoms with Gasteiger partial charge in [-0.05, 0) is 41.9 Å². The number of halogens is 4. The molecular weight excluding hydrogens is 423 g/mol. The monoisotopic (exact) mass is 445 g/mol. The SMILES string of the molecule is C=C1NC(C)=C(Cc2ccc(Br)c(NCC(F)(F)F)n2)C(=N)N1C.C=CC. The minimum Gasteiger partial charge on any atom is -0.360 e. The van der Waals surface area contributed by atoms with E-state index < -0.39 is 12.7 Å². The van der Waals surface area contributed by atoms with Gasteiger partial charge in [0.05, 0.1) is 4.47 Å². The Balaban J connectivity index is 0.00000114. The normalized spacial score (nSPS) is 14.4. The Morgan fingerprint density at radius 1 is 1.41 bits per heavy atom. The molecule has 2 rings (SSSR count). The van der Waals surface area contributed by atoms with Crippen LogP contribution in [0.5, 0.6) is 0 Å². The molecule has 0 aliphatic carbocycles. The van der Waals surface area contributed by atoms with Crippen LogP contribution in [0.15, 0.2) is 52.9 Å². The third-order valence-electron chi connectivity index (χ3n) is 3.53. The molecule has 0 spiro atoms. The summed E-state index contributed by atoms with van der Waals surface area (Å²) >= 11 is 3.19. The molecule has 0 bridgehead atoms. The molecule has 148 valence electrons. The van der Waals surface area contributed by atoms with Gasteiger partial charge in [-0.15, -0.1) is 6.58 Å². The van der Waals surface area contributed by atoms with Gasteiger partial charge in [0.25, 0.3) is 0 Å². The Hall–Kier alpha value is -2.29. The van der Waals surface area contributed by atoms with Crippen molar-refractivity contribution in [3.05, 3.63) is 58.6 Å². The summed E-state index contributed by atoms with van der Waals surface area (Å²) in [4.78, 5) is 5.83. The molecule has 5 nitrogen and oxygen atoms in total. The summed E-state index contributed by atoms with van der Waals surface area (Å²) in [5.41, 5.74) is 2.05. The first-order valence-electron chi connectivity index (χ1n) is 8.01. The number of nitrogens with zero attached hydrogens (tertiary/aromatic N) is 2. The molecule has 9 heteroatoms. The number of anilines is 1. The molecule has 1 aliphatic rings. The van der Waals surface area contributed by atoms with Crippen molar-refractivity contribution in [3.63, 3.8) is 0 Å². The Kier molecular flexibility index (Phi) is 8.08. The highest BCUT2D eigenvalue weighted by atomic mass is 79.9. The first-order valence-corrected chi connectivity index (χ1v) is 8.80. The summed E-state index contributed by atoms with van der Waals surface area (Å²) in [5, 5.41) is 13.5. The lowest BCUT2D eigenvalue weighted by atomic mass is 10.0. The number of pyridine rings is 1. The zero-order chi connectivity index (χ0) is 20.8. The molecule has 1 aliphatic heterocycles. The number of allylic oxidation sites excluding steroid dienone is 2.